The number of benzene rings is 2. The Kier molecular flexibility index (Phi) is 5.06. The first-order valence-electron chi connectivity index (χ1n) is 8.42. The zero-order valence-electron chi connectivity index (χ0n) is 14.5. The second-order valence-electron chi connectivity index (χ2n) is 6.28. The zero-order valence-corrected chi connectivity index (χ0v) is 16.0. The van der Waals surface area contributed by atoms with Crippen LogP contribution >= 0.6 is 23.2 Å². The molecule has 2 atom stereocenters. The van der Waals surface area contributed by atoms with Crippen molar-refractivity contribution in [3.8, 4) is 11.5 Å². The van der Waals surface area contributed by atoms with Crippen LogP contribution in [-0.4, -0.2) is 27.5 Å². The fraction of sp³-hybridized carbons (Fsp3) is 0.263. The summed E-state index contributed by atoms with van der Waals surface area (Å²) >= 11 is 12.5. The molecule has 0 N–H and O–H groups in total. The lowest BCUT2D eigenvalue weighted by molar-refractivity contribution is -0.186. The third-order valence-electron chi connectivity index (χ3n) is 4.18. The standard InChI is InChI=1S/C19H17Cl2N3O3/c1-13-9-25-19(27-13,10-24-12-22-11-23-24)17-7-6-16(8-18(17)21)26-15-4-2-14(20)3-5-15/h2-8,11-13H,9-10H2,1H3/t13-,19-/m1/s1. The van der Waals surface area contributed by atoms with Gasteiger partial charge in [0.05, 0.1) is 17.7 Å². The predicted molar refractivity (Wildman–Crippen MR) is 101 cm³/mol. The number of hydrogen-bond donors (Lipinski definition) is 0. The SMILES string of the molecule is C[C@@H]1CO[C@@](Cn2cncn2)(c2ccc(Oc3ccc(Cl)cc3)cc2Cl)O1. The van der Waals surface area contributed by atoms with E-state index in [0.29, 0.717) is 40.3 Å². The van der Waals surface area contributed by atoms with Crippen molar-refractivity contribution in [1.29, 1.82) is 0 Å². The molecule has 2 aromatic carbocycles. The second kappa shape index (κ2) is 7.48. The molecule has 1 aliphatic rings. The van der Waals surface area contributed by atoms with Crippen molar-refractivity contribution in [2.45, 2.75) is 25.4 Å². The van der Waals surface area contributed by atoms with E-state index in [4.69, 9.17) is 37.4 Å². The molecule has 1 saturated heterocycles. The smallest absolute Gasteiger partial charge is 0.217 e. The average Bonchev–Trinajstić information content (AvgIpc) is 3.28. The molecule has 1 aromatic heterocycles. The first-order chi connectivity index (χ1) is 13.0. The van der Waals surface area contributed by atoms with E-state index in [9.17, 15) is 0 Å². The van der Waals surface area contributed by atoms with Crippen LogP contribution in [0.3, 0.4) is 0 Å². The van der Waals surface area contributed by atoms with Crippen LogP contribution in [0.2, 0.25) is 10.0 Å². The summed E-state index contributed by atoms with van der Waals surface area (Å²) in [5.41, 5.74) is 0.715. The van der Waals surface area contributed by atoms with E-state index in [1.807, 2.05) is 19.1 Å². The van der Waals surface area contributed by atoms with Gasteiger partial charge in [0, 0.05) is 10.6 Å². The Morgan fingerprint density at radius 1 is 1.19 bits per heavy atom. The summed E-state index contributed by atoms with van der Waals surface area (Å²) < 4.78 is 19.6. The molecule has 1 aliphatic heterocycles. The Hall–Kier alpha value is -2.12. The highest BCUT2D eigenvalue weighted by Crippen LogP contribution is 2.41. The summed E-state index contributed by atoms with van der Waals surface area (Å²) in [6.07, 6.45) is 3.02. The molecular weight excluding hydrogens is 389 g/mol. The average molecular weight is 406 g/mol. The Morgan fingerprint density at radius 3 is 2.59 bits per heavy atom. The first kappa shape index (κ1) is 18.3. The largest absolute Gasteiger partial charge is 0.457 e. The number of aromatic nitrogens is 3. The van der Waals surface area contributed by atoms with E-state index >= 15 is 0 Å². The van der Waals surface area contributed by atoms with Crippen LogP contribution in [0.1, 0.15) is 12.5 Å². The van der Waals surface area contributed by atoms with Crippen LogP contribution in [0.4, 0.5) is 0 Å². The Balaban J connectivity index is 1.62. The van der Waals surface area contributed by atoms with Crippen LogP contribution in [0.25, 0.3) is 0 Å². The van der Waals surface area contributed by atoms with Gasteiger partial charge in [-0.1, -0.05) is 23.2 Å². The summed E-state index contributed by atoms with van der Waals surface area (Å²) in [6.45, 7) is 2.76. The van der Waals surface area contributed by atoms with Crippen LogP contribution in [-0.2, 0) is 21.8 Å². The van der Waals surface area contributed by atoms with Crippen molar-refractivity contribution in [1.82, 2.24) is 14.8 Å². The molecule has 140 valence electrons. The molecule has 6 nitrogen and oxygen atoms in total. The van der Waals surface area contributed by atoms with Gasteiger partial charge in [-0.3, -0.25) is 0 Å². The molecule has 0 unspecified atom stereocenters. The van der Waals surface area contributed by atoms with Crippen LogP contribution < -0.4 is 4.74 Å². The van der Waals surface area contributed by atoms with Gasteiger partial charge < -0.3 is 14.2 Å². The molecule has 4 rings (SSSR count). The molecule has 0 spiro atoms. The van der Waals surface area contributed by atoms with Crippen molar-refractivity contribution < 1.29 is 14.2 Å². The molecule has 0 amide bonds. The number of nitrogens with zero attached hydrogens (tertiary/aromatic N) is 3. The van der Waals surface area contributed by atoms with Gasteiger partial charge in [0.25, 0.3) is 0 Å². The maximum atomic E-state index is 6.57. The fourth-order valence-electron chi connectivity index (χ4n) is 2.99. The summed E-state index contributed by atoms with van der Waals surface area (Å²) in [7, 11) is 0. The van der Waals surface area contributed by atoms with Crippen LogP contribution in [0, 0.1) is 0 Å². The van der Waals surface area contributed by atoms with Gasteiger partial charge >= 0.3 is 0 Å². The topological polar surface area (TPSA) is 58.4 Å². The predicted octanol–water partition coefficient (Wildman–Crippen LogP) is 4.67. The van der Waals surface area contributed by atoms with Gasteiger partial charge in [0.15, 0.2) is 0 Å². The lowest BCUT2D eigenvalue weighted by atomic mass is 10.1. The summed E-state index contributed by atoms with van der Waals surface area (Å²) in [5, 5.41) is 5.28. The molecular formula is C19H17Cl2N3O3. The van der Waals surface area contributed by atoms with Crippen molar-refractivity contribution in [2.24, 2.45) is 0 Å². The number of ether oxygens (including phenoxy) is 3. The third kappa shape index (κ3) is 3.94. The number of hydrogen-bond acceptors (Lipinski definition) is 5. The van der Waals surface area contributed by atoms with E-state index in [2.05, 4.69) is 10.1 Å². The summed E-state index contributed by atoms with van der Waals surface area (Å²) in [6, 6.07) is 12.5. The second-order valence-corrected chi connectivity index (χ2v) is 7.13. The Bertz CT molecular complexity index is 918. The molecule has 0 aliphatic carbocycles. The highest BCUT2D eigenvalue weighted by Gasteiger charge is 2.44. The lowest BCUT2D eigenvalue weighted by Crippen LogP contribution is -2.34. The Labute approximate surface area is 166 Å². The third-order valence-corrected chi connectivity index (χ3v) is 4.74. The minimum Gasteiger partial charge on any atom is -0.457 e. The molecule has 0 saturated carbocycles. The molecule has 0 bridgehead atoms. The molecule has 8 heteroatoms. The van der Waals surface area contributed by atoms with E-state index < -0.39 is 5.79 Å². The minimum absolute atomic E-state index is 0.0606. The fourth-order valence-corrected chi connectivity index (χ4v) is 3.43. The van der Waals surface area contributed by atoms with Gasteiger partial charge in [-0.2, -0.15) is 5.10 Å². The normalized spacial score (nSPS) is 22.1. The van der Waals surface area contributed by atoms with Gasteiger partial charge in [0.1, 0.15) is 30.7 Å². The van der Waals surface area contributed by atoms with Gasteiger partial charge in [0.2, 0.25) is 5.79 Å². The van der Waals surface area contributed by atoms with Crippen molar-refractivity contribution >= 4 is 23.2 Å². The molecule has 3 aromatic rings. The minimum atomic E-state index is -1.02. The van der Waals surface area contributed by atoms with E-state index in [1.165, 1.54) is 6.33 Å². The molecule has 2 heterocycles. The summed E-state index contributed by atoms with van der Waals surface area (Å²) in [4.78, 5) is 3.98. The van der Waals surface area contributed by atoms with E-state index in [0.717, 1.165) is 0 Å². The van der Waals surface area contributed by atoms with E-state index in [-0.39, 0.29) is 6.10 Å². The van der Waals surface area contributed by atoms with Gasteiger partial charge in [-0.15, -0.1) is 0 Å². The van der Waals surface area contributed by atoms with E-state index in [1.54, 1.807) is 41.3 Å². The molecule has 0 radical (unpaired) electrons. The van der Waals surface area contributed by atoms with Gasteiger partial charge in [-0.05, 0) is 49.4 Å². The van der Waals surface area contributed by atoms with Crippen molar-refractivity contribution in [3.63, 3.8) is 0 Å². The maximum absolute atomic E-state index is 6.57. The monoisotopic (exact) mass is 405 g/mol. The van der Waals surface area contributed by atoms with Gasteiger partial charge in [-0.25, -0.2) is 9.67 Å². The van der Waals surface area contributed by atoms with Crippen molar-refractivity contribution in [3.05, 3.63) is 70.7 Å². The highest BCUT2D eigenvalue weighted by molar-refractivity contribution is 6.31. The number of rotatable bonds is 5. The molecule has 1 fully saturated rings. The van der Waals surface area contributed by atoms with Crippen LogP contribution in [0.5, 0.6) is 11.5 Å². The maximum Gasteiger partial charge on any atom is 0.217 e. The van der Waals surface area contributed by atoms with Crippen molar-refractivity contribution in [2.75, 3.05) is 6.61 Å². The quantitative estimate of drug-likeness (QED) is 0.617. The zero-order chi connectivity index (χ0) is 18.9. The number of halogens is 2. The Morgan fingerprint density at radius 2 is 1.96 bits per heavy atom. The molecule has 27 heavy (non-hydrogen) atoms. The lowest BCUT2D eigenvalue weighted by Gasteiger charge is -2.29. The summed E-state index contributed by atoms with van der Waals surface area (Å²) in [5.74, 6) is 0.249. The first-order valence-corrected chi connectivity index (χ1v) is 9.17. The van der Waals surface area contributed by atoms with Crippen LogP contribution in [0.15, 0.2) is 55.1 Å². The highest BCUT2D eigenvalue weighted by atomic mass is 35.5.